The van der Waals surface area contributed by atoms with Crippen LogP contribution in [0, 0.1) is 13.8 Å². The smallest absolute Gasteiger partial charge is 0.133 e. The summed E-state index contributed by atoms with van der Waals surface area (Å²) in [6.07, 6.45) is -0.564. The first-order valence-corrected chi connectivity index (χ1v) is 6.58. The summed E-state index contributed by atoms with van der Waals surface area (Å²) in [6.45, 7) is 5.62. The van der Waals surface area contributed by atoms with Crippen LogP contribution in [0.5, 0.6) is 11.5 Å². The topological polar surface area (TPSA) is 29.5 Å². The average molecular weight is 277 g/mol. The predicted octanol–water partition coefficient (Wildman–Crippen LogP) is 4.80. The first-order valence-electron chi connectivity index (χ1n) is 6.20. The number of para-hydroxylation sites is 1. The number of aryl methyl sites for hydroxylation is 2. The Morgan fingerprint density at radius 1 is 1.11 bits per heavy atom. The molecule has 0 bridgehead atoms. The van der Waals surface area contributed by atoms with E-state index in [-0.39, 0.29) is 0 Å². The number of aliphatic hydroxyl groups is 1. The van der Waals surface area contributed by atoms with Crippen LogP contribution in [0.4, 0.5) is 0 Å². The van der Waals surface area contributed by atoms with Crippen LogP contribution in [0.2, 0.25) is 5.02 Å². The Hall–Kier alpha value is -1.51. The number of ether oxygens (including phenoxy) is 1. The minimum Gasteiger partial charge on any atom is -0.457 e. The second-order valence-electron chi connectivity index (χ2n) is 4.69. The molecule has 100 valence electrons. The van der Waals surface area contributed by atoms with Crippen LogP contribution in [-0.2, 0) is 0 Å². The molecule has 0 unspecified atom stereocenters. The van der Waals surface area contributed by atoms with Crippen molar-refractivity contribution >= 4 is 11.6 Å². The minimum absolute atomic E-state index is 0.564. The van der Waals surface area contributed by atoms with Crippen molar-refractivity contribution in [1.82, 2.24) is 0 Å². The first-order chi connectivity index (χ1) is 8.99. The molecule has 3 heteroatoms. The predicted molar refractivity (Wildman–Crippen MR) is 78.1 cm³/mol. The Morgan fingerprint density at radius 2 is 1.68 bits per heavy atom. The van der Waals surface area contributed by atoms with Gasteiger partial charge >= 0.3 is 0 Å². The van der Waals surface area contributed by atoms with Gasteiger partial charge in [0.2, 0.25) is 0 Å². The second kappa shape index (κ2) is 5.64. The fraction of sp³-hybridized carbons (Fsp3) is 0.250. The van der Waals surface area contributed by atoms with E-state index in [2.05, 4.69) is 0 Å². The van der Waals surface area contributed by atoms with E-state index < -0.39 is 6.10 Å². The quantitative estimate of drug-likeness (QED) is 0.872. The largest absolute Gasteiger partial charge is 0.457 e. The highest BCUT2D eigenvalue weighted by Gasteiger charge is 2.10. The highest BCUT2D eigenvalue weighted by atomic mass is 35.5. The summed E-state index contributed by atoms with van der Waals surface area (Å²) in [5.41, 5.74) is 2.73. The van der Waals surface area contributed by atoms with Gasteiger partial charge < -0.3 is 9.84 Å². The standard InChI is InChI=1S/C16H17ClO2/c1-10-8-13(9-11(2)16(10)17)19-15-7-5-4-6-14(15)12(3)18/h4-9,12,18H,1-3H3/t12-/m1/s1. The summed E-state index contributed by atoms with van der Waals surface area (Å²) < 4.78 is 5.87. The van der Waals surface area contributed by atoms with E-state index in [0.29, 0.717) is 5.75 Å². The van der Waals surface area contributed by atoms with Gasteiger partial charge in [0.15, 0.2) is 0 Å². The molecule has 0 aliphatic heterocycles. The van der Waals surface area contributed by atoms with Crippen molar-refractivity contribution in [3.63, 3.8) is 0 Å². The summed E-state index contributed by atoms with van der Waals surface area (Å²) >= 11 is 6.14. The van der Waals surface area contributed by atoms with E-state index in [4.69, 9.17) is 16.3 Å². The van der Waals surface area contributed by atoms with E-state index >= 15 is 0 Å². The molecule has 0 spiro atoms. The fourth-order valence-electron chi connectivity index (χ4n) is 2.01. The lowest BCUT2D eigenvalue weighted by Crippen LogP contribution is -1.96. The van der Waals surface area contributed by atoms with Crippen LogP contribution in [-0.4, -0.2) is 5.11 Å². The van der Waals surface area contributed by atoms with Crippen LogP contribution in [0.3, 0.4) is 0 Å². The Labute approximate surface area is 118 Å². The summed E-state index contributed by atoms with van der Waals surface area (Å²) in [7, 11) is 0. The Morgan fingerprint density at radius 3 is 2.26 bits per heavy atom. The van der Waals surface area contributed by atoms with E-state index in [9.17, 15) is 5.11 Å². The third kappa shape index (κ3) is 3.09. The molecule has 0 saturated heterocycles. The number of aliphatic hydroxyl groups excluding tert-OH is 1. The van der Waals surface area contributed by atoms with Crippen molar-refractivity contribution in [1.29, 1.82) is 0 Å². The third-order valence-corrected chi connectivity index (χ3v) is 3.60. The maximum atomic E-state index is 9.73. The normalized spacial score (nSPS) is 12.3. The molecule has 0 saturated carbocycles. The molecule has 0 aliphatic rings. The molecule has 0 radical (unpaired) electrons. The molecule has 2 nitrogen and oxygen atoms in total. The number of halogens is 1. The van der Waals surface area contributed by atoms with Gasteiger partial charge in [0.05, 0.1) is 6.10 Å². The van der Waals surface area contributed by atoms with Gasteiger partial charge in [0, 0.05) is 10.6 Å². The van der Waals surface area contributed by atoms with Crippen LogP contribution in [0.25, 0.3) is 0 Å². The molecule has 0 amide bonds. The zero-order valence-electron chi connectivity index (χ0n) is 11.3. The molecule has 0 aromatic heterocycles. The molecule has 0 fully saturated rings. The van der Waals surface area contributed by atoms with E-state index in [0.717, 1.165) is 27.5 Å². The van der Waals surface area contributed by atoms with Crippen molar-refractivity contribution < 1.29 is 9.84 Å². The van der Waals surface area contributed by atoms with E-state index in [1.54, 1.807) is 6.92 Å². The van der Waals surface area contributed by atoms with E-state index in [1.807, 2.05) is 50.2 Å². The molecule has 2 aromatic rings. The molecule has 1 N–H and O–H groups in total. The van der Waals surface area contributed by atoms with Gasteiger partial charge in [-0.15, -0.1) is 0 Å². The number of hydrogen-bond donors (Lipinski definition) is 1. The van der Waals surface area contributed by atoms with Crippen molar-refractivity contribution in [3.05, 3.63) is 58.1 Å². The monoisotopic (exact) mass is 276 g/mol. The van der Waals surface area contributed by atoms with Crippen molar-refractivity contribution in [3.8, 4) is 11.5 Å². The lowest BCUT2D eigenvalue weighted by atomic mass is 10.1. The maximum absolute atomic E-state index is 9.73. The number of benzene rings is 2. The van der Waals surface area contributed by atoms with Crippen molar-refractivity contribution in [2.24, 2.45) is 0 Å². The van der Waals surface area contributed by atoms with Gasteiger partial charge in [-0.3, -0.25) is 0 Å². The average Bonchev–Trinajstić information content (AvgIpc) is 2.36. The highest BCUT2D eigenvalue weighted by Crippen LogP contribution is 2.32. The van der Waals surface area contributed by atoms with Gasteiger partial charge in [-0.1, -0.05) is 29.8 Å². The zero-order chi connectivity index (χ0) is 14.0. The van der Waals surface area contributed by atoms with Crippen LogP contribution in [0.15, 0.2) is 36.4 Å². The molecule has 19 heavy (non-hydrogen) atoms. The van der Waals surface area contributed by atoms with E-state index in [1.165, 1.54) is 0 Å². The molecule has 0 heterocycles. The minimum atomic E-state index is -0.564. The third-order valence-electron chi connectivity index (χ3n) is 3.01. The molecule has 0 aliphatic carbocycles. The summed E-state index contributed by atoms with van der Waals surface area (Å²) in [4.78, 5) is 0. The molecule has 2 rings (SSSR count). The Kier molecular flexibility index (Phi) is 4.13. The summed E-state index contributed by atoms with van der Waals surface area (Å²) in [6, 6.07) is 11.3. The molecule has 1 atom stereocenters. The first kappa shape index (κ1) is 13.9. The summed E-state index contributed by atoms with van der Waals surface area (Å²) in [5.74, 6) is 1.39. The van der Waals surface area contributed by atoms with Gasteiger partial charge in [-0.25, -0.2) is 0 Å². The summed E-state index contributed by atoms with van der Waals surface area (Å²) in [5, 5.41) is 10.5. The molecule has 2 aromatic carbocycles. The lowest BCUT2D eigenvalue weighted by molar-refractivity contribution is 0.195. The van der Waals surface area contributed by atoms with Crippen LogP contribution >= 0.6 is 11.6 Å². The van der Waals surface area contributed by atoms with Gasteiger partial charge in [0.1, 0.15) is 11.5 Å². The van der Waals surface area contributed by atoms with Gasteiger partial charge in [0.25, 0.3) is 0 Å². The van der Waals surface area contributed by atoms with Gasteiger partial charge in [-0.05, 0) is 50.1 Å². The second-order valence-corrected chi connectivity index (χ2v) is 5.06. The van der Waals surface area contributed by atoms with Gasteiger partial charge in [-0.2, -0.15) is 0 Å². The number of rotatable bonds is 3. The molecular weight excluding hydrogens is 260 g/mol. The SMILES string of the molecule is Cc1cc(Oc2ccccc2[C@@H](C)O)cc(C)c1Cl. The highest BCUT2D eigenvalue weighted by molar-refractivity contribution is 6.32. The number of hydrogen-bond acceptors (Lipinski definition) is 2. The maximum Gasteiger partial charge on any atom is 0.133 e. The fourth-order valence-corrected chi connectivity index (χ4v) is 2.12. The Balaban J connectivity index is 2.37. The lowest BCUT2D eigenvalue weighted by Gasteiger charge is -2.14. The van der Waals surface area contributed by atoms with Crippen LogP contribution < -0.4 is 4.74 Å². The van der Waals surface area contributed by atoms with Crippen molar-refractivity contribution in [2.75, 3.05) is 0 Å². The zero-order valence-corrected chi connectivity index (χ0v) is 12.0. The van der Waals surface area contributed by atoms with Crippen LogP contribution in [0.1, 0.15) is 29.7 Å². The van der Waals surface area contributed by atoms with Crippen molar-refractivity contribution in [2.45, 2.75) is 26.9 Å². The molecular formula is C16H17ClO2. The Bertz CT molecular complexity index is 568.